The number of esters is 1. The van der Waals surface area contributed by atoms with Crippen molar-refractivity contribution in [1.29, 1.82) is 0 Å². The largest absolute Gasteiger partial charge is 0.467 e. The summed E-state index contributed by atoms with van der Waals surface area (Å²) >= 11 is 6.47. The van der Waals surface area contributed by atoms with Gasteiger partial charge in [-0.05, 0) is 24.5 Å². The van der Waals surface area contributed by atoms with Crippen molar-refractivity contribution in [2.45, 2.75) is 17.3 Å². The molecule has 21 heavy (non-hydrogen) atoms. The molecule has 3 rings (SSSR count). The van der Waals surface area contributed by atoms with Crippen LogP contribution in [0.15, 0.2) is 42.5 Å². The summed E-state index contributed by atoms with van der Waals surface area (Å²) in [5, 5.41) is 2.35. The number of ether oxygens (including phenoxy) is 1. The smallest absolute Gasteiger partial charge is 0.333 e. The van der Waals surface area contributed by atoms with E-state index in [1.807, 2.05) is 18.2 Å². The lowest BCUT2D eigenvalue weighted by Gasteiger charge is -2.36. The first-order valence-corrected chi connectivity index (χ1v) is 7.31. The number of alkyl halides is 1. The van der Waals surface area contributed by atoms with Crippen LogP contribution in [0.1, 0.15) is 16.8 Å². The Bertz CT molecular complexity index is 601. The second-order valence-electron chi connectivity index (χ2n) is 5.47. The molecule has 0 spiro atoms. The molecule has 2 aliphatic carbocycles. The van der Waals surface area contributed by atoms with Gasteiger partial charge in [-0.15, -0.1) is 11.6 Å². The van der Waals surface area contributed by atoms with Crippen LogP contribution in [-0.4, -0.2) is 29.9 Å². The maximum atomic E-state index is 12.4. The van der Waals surface area contributed by atoms with Crippen molar-refractivity contribution in [2.75, 3.05) is 7.11 Å². The number of rotatable bonds is 3. The molecule has 0 radical (unpaired) electrons. The number of methoxy groups -OCH3 is 1. The van der Waals surface area contributed by atoms with Crippen molar-refractivity contribution < 1.29 is 14.3 Å². The Balaban J connectivity index is 1.93. The highest BCUT2D eigenvalue weighted by Gasteiger charge is 2.61. The summed E-state index contributed by atoms with van der Waals surface area (Å²) in [7, 11) is 1.32. The number of benzene rings is 1. The molecule has 0 unspecified atom stereocenters. The predicted molar refractivity (Wildman–Crippen MR) is 79.0 cm³/mol. The molecule has 0 heterocycles. The fraction of sp³-hybridized carbons (Fsp3) is 0.375. The van der Waals surface area contributed by atoms with Gasteiger partial charge in [0.1, 0.15) is 0 Å². The minimum Gasteiger partial charge on any atom is -0.467 e. The van der Waals surface area contributed by atoms with E-state index >= 15 is 0 Å². The lowest BCUT2D eigenvalue weighted by atomic mass is 9.83. The van der Waals surface area contributed by atoms with E-state index in [-0.39, 0.29) is 17.7 Å². The van der Waals surface area contributed by atoms with Gasteiger partial charge in [-0.25, -0.2) is 4.79 Å². The van der Waals surface area contributed by atoms with E-state index < -0.39 is 16.9 Å². The number of carbonyl (C=O) groups excluding carboxylic acids is 2. The number of carbonyl (C=O) groups is 2. The minimum absolute atomic E-state index is 0.0897. The Morgan fingerprint density at radius 3 is 2.57 bits per heavy atom. The maximum Gasteiger partial charge on any atom is 0.333 e. The van der Waals surface area contributed by atoms with Crippen LogP contribution in [0.4, 0.5) is 0 Å². The molecule has 0 saturated heterocycles. The molecular weight excluding hydrogens is 290 g/mol. The van der Waals surface area contributed by atoms with Crippen LogP contribution in [0.3, 0.4) is 0 Å². The van der Waals surface area contributed by atoms with E-state index in [0.717, 1.165) is 6.42 Å². The van der Waals surface area contributed by atoms with Crippen molar-refractivity contribution in [3.8, 4) is 0 Å². The highest BCUT2D eigenvalue weighted by Crippen LogP contribution is 2.49. The summed E-state index contributed by atoms with van der Waals surface area (Å²) in [6.45, 7) is 0. The molecule has 4 nitrogen and oxygen atoms in total. The van der Waals surface area contributed by atoms with E-state index in [2.05, 4.69) is 5.32 Å². The van der Waals surface area contributed by atoms with E-state index in [1.165, 1.54) is 7.11 Å². The van der Waals surface area contributed by atoms with Crippen LogP contribution in [0.25, 0.3) is 0 Å². The van der Waals surface area contributed by atoms with Gasteiger partial charge in [0.25, 0.3) is 5.91 Å². The Morgan fingerprint density at radius 2 is 2.00 bits per heavy atom. The van der Waals surface area contributed by atoms with Crippen LogP contribution in [0.5, 0.6) is 0 Å². The van der Waals surface area contributed by atoms with Gasteiger partial charge in [0.2, 0.25) is 0 Å². The number of hydrogen-bond donors (Lipinski definition) is 1. The second-order valence-corrected chi connectivity index (χ2v) is 5.94. The van der Waals surface area contributed by atoms with Crippen molar-refractivity contribution in [1.82, 2.24) is 5.32 Å². The molecule has 1 saturated carbocycles. The first-order valence-electron chi connectivity index (χ1n) is 6.88. The van der Waals surface area contributed by atoms with Gasteiger partial charge in [0.05, 0.1) is 12.5 Å². The molecule has 2 bridgehead atoms. The van der Waals surface area contributed by atoms with E-state index in [4.69, 9.17) is 16.3 Å². The number of nitrogens with one attached hydrogen (secondary N) is 1. The lowest BCUT2D eigenvalue weighted by molar-refractivity contribution is -0.149. The maximum absolute atomic E-state index is 12.4. The van der Waals surface area contributed by atoms with E-state index in [0.29, 0.717) is 5.56 Å². The molecule has 110 valence electrons. The highest BCUT2D eigenvalue weighted by atomic mass is 35.5. The Labute approximate surface area is 128 Å². The fourth-order valence-electron chi connectivity index (χ4n) is 3.32. The second kappa shape index (κ2) is 5.19. The zero-order valence-electron chi connectivity index (χ0n) is 11.6. The van der Waals surface area contributed by atoms with Gasteiger partial charge in [-0.1, -0.05) is 30.4 Å². The number of allylic oxidation sites excluding steroid dienone is 1. The van der Waals surface area contributed by atoms with Crippen molar-refractivity contribution in [3.05, 3.63) is 48.0 Å². The molecule has 1 N–H and O–H groups in total. The van der Waals surface area contributed by atoms with Crippen LogP contribution < -0.4 is 5.32 Å². The number of hydrogen-bond acceptors (Lipinski definition) is 3. The fourth-order valence-corrected chi connectivity index (χ4v) is 3.81. The van der Waals surface area contributed by atoms with Crippen molar-refractivity contribution >= 4 is 23.5 Å². The summed E-state index contributed by atoms with van der Waals surface area (Å²) in [4.78, 5) is 24.8. The summed E-state index contributed by atoms with van der Waals surface area (Å²) in [6.07, 6.45) is 4.72. The first-order chi connectivity index (χ1) is 10.1. The van der Waals surface area contributed by atoms with Gasteiger partial charge in [0.15, 0.2) is 5.54 Å². The number of amides is 1. The van der Waals surface area contributed by atoms with Gasteiger partial charge >= 0.3 is 5.97 Å². The normalized spacial score (nSPS) is 33.0. The third-order valence-electron chi connectivity index (χ3n) is 4.39. The SMILES string of the molecule is COC(=O)[C@]1(NC(=O)c2ccccc2)[C@@H]2C=C[C@@H](C2)[C@H]1Cl. The molecule has 1 fully saturated rings. The molecule has 1 aromatic carbocycles. The zero-order chi connectivity index (χ0) is 15.0. The van der Waals surface area contributed by atoms with E-state index in [1.54, 1.807) is 24.3 Å². The summed E-state index contributed by atoms with van der Waals surface area (Å²) in [5.74, 6) is -0.826. The molecular formula is C16H16ClNO3. The highest BCUT2D eigenvalue weighted by molar-refractivity contribution is 6.24. The first kappa shape index (κ1) is 14.1. The van der Waals surface area contributed by atoms with Gasteiger partial charge in [0, 0.05) is 11.5 Å². The van der Waals surface area contributed by atoms with Crippen LogP contribution >= 0.6 is 11.6 Å². The van der Waals surface area contributed by atoms with Crippen LogP contribution in [0, 0.1) is 11.8 Å². The number of halogens is 1. The molecule has 4 atom stereocenters. The average Bonchev–Trinajstić information content (AvgIpc) is 3.10. The standard InChI is InChI=1S/C16H16ClNO3/c1-21-15(20)16(12-8-7-11(9-12)13(16)17)18-14(19)10-5-3-2-4-6-10/h2-8,11-13H,9H2,1H3,(H,18,19)/t11-,12+,13+,16-/m0/s1. The van der Waals surface area contributed by atoms with Gasteiger partial charge in [-0.3, -0.25) is 4.79 Å². The third kappa shape index (κ3) is 2.05. The predicted octanol–water partition coefficient (Wildman–Crippen LogP) is 2.14. The Hall–Kier alpha value is -1.81. The summed E-state index contributed by atoms with van der Waals surface area (Å²) < 4.78 is 4.93. The van der Waals surface area contributed by atoms with Gasteiger partial charge in [-0.2, -0.15) is 0 Å². The minimum atomic E-state index is -1.18. The quantitative estimate of drug-likeness (QED) is 0.529. The number of fused-ring (bicyclic) bond motifs is 2. The van der Waals surface area contributed by atoms with Gasteiger partial charge < -0.3 is 10.1 Å². The van der Waals surface area contributed by atoms with Crippen molar-refractivity contribution in [2.24, 2.45) is 11.8 Å². The Kier molecular flexibility index (Phi) is 3.49. The Morgan fingerprint density at radius 1 is 1.29 bits per heavy atom. The summed E-state index contributed by atoms with van der Waals surface area (Å²) in [5.41, 5.74) is -0.681. The van der Waals surface area contributed by atoms with Crippen LogP contribution in [0.2, 0.25) is 0 Å². The molecule has 0 aromatic heterocycles. The topological polar surface area (TPSA) is 55.4 Å². The lowest BCUT2D eigenvalue weighted by Crippen LogP contribution is -2.63. The third-order valence-corrected chi connectivity index (χ3v) is 5.06. The monoisotopic (exact) mass is 305 g/mol. The average molecular weight is 306 g/mol. The molecule has 5 heteroatoms. The molecule has 1 aromatic rings. The molecule has 0 aliphatic heterocycles. The zero-order valence-corrected chi connectivity index (χ0v) is 12.3. The van der Waals surface area contributed by atoms with Crippen LogP contribution in [-0.2, 0) is 9.53 Å². The summed E-state index contributed by atoms with van der Waals surface area (Å²) in [6, 6.07) is 8.79. The van der Waals surface area contributed by atoms with Crippen molar-refractivity contribution in [3.63, 3.8) is 0 Å². The molecule has 2 aliphatic rings. The van der Waals surface area contributed by atoms with E-state index in [9.17, 15) is 9.59 Å². The molecule has 1 amide bonds.